The Balaban J connectivity index is 2.25. The smallest absolute Gasteiger partial charge is 0.320 e. The van der Waals surface area contributed by atoms with Crippen molar-refractivity contribution in [1.82, 2.24) is 4.90 Å². The van der Waals surface area contributed by atoms with Gasteiger partial charge < -0.3 is 9.84 Å². The third-order valence-corrected chi connectivity index (χ3v) is 2.93. The highest BCUT2D eigenvalue weighted by atomic mass is 16.5. The predicted octanol–water partition coefficient (Wildman–Crippen LogP) is 2.17. The van der Waals surface area contributed by atoms with Gasteiger partial charge >= 0.3 is 5.97 Å². The van der Waals surface area contributed by atoms with Gasteiger partial charge in [0.05, 0.1) is 6.61 Å². The van der Waals surface area contributed by atoms with Crippen molar-refractivity contribution in [2.24, 2.45) is 0 Å². The van der Waals surface area contributed by atoms with Crippen LogP contribution in [0.15, 0.2) is 24.3 Å². The third kappa shape index (κ3) is 4.75. The largest absolute Gasteiger partial charge is 0.494 e. The number of carbonyl (C=O) groups is 1. The molecule has 0 saturated carbocycles. The van der Waals surface area contributed by atoms with E-state index < -0.39 is 12.0 Å². The Bertz CT molecular complexity index is 392. The van der Waals surface area contributed by atoms with E-state index >= 15 is 0 Å². The van der Waals surface area contributed by atoms with Crippen molar-refractivity contribution in [2.75, 3.05) is 20.2 Å². The molecule has 0 bridgehead atoms. The van der Waals surface area contributed by atoms with E-state index in [1.54, 1.807) is 6.92 Å². The number of benzene rings is 1. The van der Waals surface area contributed by atoms with Crippen LogP contribution in [0.5, 0.6) is 5.75 Å². The number of hydrogen-bond donors (Lipinski definition) is 1. The van der Waals surface area contributed by atoms with Crippen molar-refractivity contribution >= 4 is 5.97 Å². The van der Waals surface area contributed by atoms with Gasteiger partial charge in [-0.05, 0) is 45.0 Å². The van der Waals surface area contributed by atoms with E-state index in [0.717, 1.165) is 12.2 Å². The summed E-state index contributed by atoms with van der Waals surface area (Å²) >= 11 is 0. The number of hydrogen-bond acceptors (Lipinski definition) is 3. The fourth-order valence-electron chi connectivity index (χ4n) is 1.59. The van der Waals surface area contributed by atoms with E-state index in [1.807, 2.05) is 43.1 Å². The molecule has 1 aromatic carbocycles. The molecule has 18 heavy (non-hydrogen) atoms. The van der Waals surface area contributed by atoms with Crippen LogP contribution < -0.4 is 4.74 Å². The zero-order chi connectivity index (χ0) is 13.5. The maximum absolute atomic E-state index is 10.8. The molecule has 1 rings (SSSR count). The number of rotatable bonds is 7. The molecule has 0 fully saturated rings. The highest BCUT2D eigenvalue weighted by Crippen LogP contribution is 2.12. The molecule has 0 saturated heterocycles. The molecule has 0 amide bonds. The minimum absolute atomic E-state index is 0.455. The molecule has 0 aliphatic rings. The van der Waals surface area contributed by atoms with Crippen molar-refractivity contribution in [3.05, 3.63) is 29.8 Å². The van der Waals surface area contributed by atoms with Gasteiger partial charge in [0.1, 0.15) is 11.8 Å². The molecular formula is C14H21NO3. The second kappa shape index (κ2) is 7.01. The van der Waals surface area contributed by atoms with Crippen molar-refractivity contribution in [3.63, 3.8) is 0 Å². The summed E-state index contributed by atoms with van der Waals surface area (Å²) in [4.78, 5) is 12.6. The van der Waals surface area contributed by atoms with Gasteiger partial charge in [0, 0.05) is 6.54 Å². The summed E-state index contributed by atoms with van der Waals surface area (Å²) in [5.41, 5.74) is 1.17. The topological polar surface area (TPSA) is 49.8 Å². The minimum Gasteiger partial charge on any atom is -0.494 e. The van der Waals surface area contributed by atoms with Crippen LogP contribution in [0.2, 0.25) is 0 Å². The zero-order valence-electron chi connectivity index (χ0n) is 11.2. The quantitative estimate of drug-likeness (QED) is 0.755. The van der Waals surface area contributed by atoms with Crippen LogP contribution in [-0.4, -0.2) is 42.2 Å². The van der Waals surface area contributed by atoms with Crippen LogP contribution in [0, 0.1) is 6.92 Å². The Labute approximate surface area is 108 Å². The minimum atomic E-state index is -0.794. The summed E-state index contributed by atoms with van der Waals surface area (Å²) in [7, 11) is 1.81. The maximum atomic E-state index is 10.8. The Hall–Kier alpha value is -1.55. The van der Waals surface area contributed by atoms with E-state index in [-0.39, 0.29) is 0 Å². The van der Waals surface area contributed by atoms with E-state index in [2.05, 4.69) is 0 Å². The highest BCUT2D eigenvalue weighted by Gasteiger charge is 2.15. The number of carboxylic acid groups (broad SMARTS) is 1. The Morgan fingerprint density at radius 3 is 2.83 bits per heavy atom. The van der Waals surface area contributed by atoms with Crippen LogP contribution in [0.25, 0.3) is 0 Å². The van der Waals surface area contributed by atoms with E-state index in [9.17, 15) is 4.79 Å². The second-order valence-corrected chi connectivity index (χ2v) is 4.51. The SMILES string of the molecule is Cc1cccc(OCCCN(C)C(C)C(=O)O)c1. The van der Waals surface area contributed by atoms with Crippen LogP contribution in [0.1, 0.15) is 18.9 Å². The lowest BCUT2D eigenvalue weighted by Crippen LogP contribution is -2.36. The number of aryl methyl sites for hydroxylation is 1. The van der Waals surface area contributed by atoms with Gasteiger partial charge in [0.15, 0.2) is 0 Å². The summed E-state index contributed by atoms with van der Waals surface area (Å²) in [6.45, 7) is 5.01. The Morgan fingerprint density at radius 1 is 1.50 bits per heavy atom. The summed E-state index contributed by atoms with van der Waals surface area (Å²) in [6, 6.07) is 7.45. The molecule has 0 aromatic heterocycles. The van der Waals surface area contributed by atoms with Crippen LogP contribution in [0.4, 0.5) is 0 Å². The number of ether oxygens (including phenoxy) is 1. The van der Waals surface area contributed by atoms with Crippen molar-refractivity contribution in [1.29, 1.82) is 0 Å². The number of nitrogens with zero attached hydrogens (tertiary/aromatic N) is 1. The van der Waals surface area contributed by atoms with E-state index in [4.69, 9.17) is 9.84 Å². The number of carboxylic acids is 1. The van der Waals surface area contributed by atoms with Gasteiger partial charge in [-0.25, -0.2) is 0 Å². The lowest BCUT2D eigenvalue weighted by Gasteiger charge is -2.20. The molecule has 0 radical (unpaired) electrons. The molecular weight excluding hydrogens is 230 g/mol. The monoisotopic (exact) mass is 251 g/mol. The molecule has 1 unspecified atom stereocenters. The molecule has 4 heteroatoms. The van der Waals surface area contributed by atoms with Crippen molar-refractivity contribution in [3.8, 4) is 5.75 Å². The highest BCUT2D eigenvalue weighted by molar-refractivity contribution is 5.72. The predicted molar refractivity (Wildman–Crippen MR) is 71.0 cm³/mol. The standard InChI is InChI=1S/C14H21NO3/c1-11-6-4-7-13(10-11)18-9-5-8-15(3)12(2)14(16)17/h4,6-7,10,12H,5,8-9H2,1-3H3,(H,16,17). The molecule has 0 spiro atoms. The lowest BCUT2D eigenvalue weighted by atomic mass is 10.2. The molecule has 4 nitrogen and oxygen atoms in total. The molecule has 0 aliphatic heterocycles. The first kappa shape index (κ1) is 14.5. The second-order valence-electron chi connectivity index (χ2n) is 4.51. The molecule has 1 atom stereocenters. The number of aliphatic carboxylic acids is 1. The molecule has 100 valence electrons. The van der Waals surface area contributed by atoms with Gasteiger partial charge in [-0.3, -0.25) is 9.69 Å². The summed E-state index contributed by atoms with van der Waals surface area (Å²) < 4.78 is 5.60. The lowest BCUT2D eigenvalue weighted by molar-refractivity contribution is -0.142. The average Bonchev–Trinajstić information content (AvgIpc) is 2.33. The maximum Gasteiger partial charge on any atom is 0.320 e. The summed E-state index contributed by atoms with van der Waals surface area (Å²) in [5, 5.41) is 8.84. The summed E-state index contributed by atoms with van der Waals surface area (Å²) in [6.07, 6.45) is 0.808. The van der Waals surface area contributed by atoms with Gasteiger partial charge in [0.25, 0.3) is 0 Å². The van der Waals surface area contributed by atoms with Gasteiger partial charge in [-0.15, -0.1) is 0 Å². The molecule has 1 aromatic rings. The van der Waals surface area contributed by atoms with E-state index in [1.165, 1.54) is 5.56 Å². The van der Waals surface area contributed by atoms with Crippen molar-refractivity contribution in [2.45, 2.75) is 26.3 Å². The fraction of sp³-hybridized carbons (Fsp3) is 0.500. The average molecular weight is 251 g/mol. The van der Waals surface area contributed by atoms with Crippen LogP contribution in [-0.2, 0) is 4.79 Å². The number of likely N-dealkylation sites (N-methyl/N-ethyl adjacent to an activating group) is 1. The third-order valence-electron chi connectivity index (χ3n) is 2.93. The normalized spacial score (nSPS) is 12.4. The molecule has 0 heterocycles. The first-order valence-electron chi connectivity index (χ1n) is 6.13. The van der Waals surface area contributed by atoms with Crippen LogP contribution in [0.3, 0.4) is 0 Å². The molecule has 1 N–H and O–H groups in total. The first-order chi connectivity index (χ1) is 8.50. The van der Waals surface area contributed by atoms with E-state index in [0.29, 0.717) is 13.2 Å². The molecule has 0 aliphatic carbocycles. The van der Waals surface area contributed by atoms with Gasteiger partial charge in [-0.2, -0.15) is 0 Å². The Kier molecular flexibility index (Phi) is 5.65. The summed E-state index contributed by atoms with van der Waals surface area (Å²) in [5.74, 6) is 0.0704. The first-order valence-corrected chi connectivity index (χ1v) is 6.13. The van der Waals surface area contributed by atoms with Gasteiger partial charge in [0.2, 0.25) is 0 Å². The zero-order valence-corrected chi connectivity index (χ0v) is 11.2. The van der Waals surface area contributed by atoms with Crippen molar-refractivity contribution < 1.29 is 14.6 Å². The van der Waals surface area contributed by atoms with Gasteiger partial charge in [-0.1, -0.05) is 12.1 Å². The van der Waals surface area contributed by atoms with Crippen LogP contribution >= 0.6 is 0 Å². The fourth-order valence-corrected chi connectivity index (χ4v) is 1.59. The Morgan fingerprint density at radius 2 is 2.22 bits per heavy atom.